The van der Waals surface area contributed by atoms with Crippen molar-refractivity contribution in [2.45, 2.75) is 42.3 Å². The van der Waals surface area contributed by atoms with Gasteiger partial charge in [0.25, 0.3) is 0 Å². The summed E-state index contributed by atoms with van der Waals surface area (Å²) in [6.45, 7) is 3.88. The normalized spacial score (nSPS) is 15.3. The molecule has 1 saturated carbocycles. The van der Waals surface area contributed by atoms with Crippen molar-refractivity contribution >= 4 is 55.8 Å². The number of thioether (sulfide) groups is 1. The second-order valence-corrected chi connectivity index (χ2v) is 8.94. The topological polar surface area (TPSA) is 66.9 Å². The molecule has 2 N–H and O–H groups in total. The molecule has 0 unspecified atom stereocenters. The predicted molar refractivity (Wildman–Crippen MR) is 99.4 cm³/mol. The molecule has 5 nitrogen and oxygen atoms in total. The van der Waals surface area contributed by atoms with Crippen LogP contribution in [0.25, 0.3) is 0 Å². The minimum Gasteiger partial charge on any atom is -0.357 e. The van der Waals surface area contributed by atoms with Gasteiger partial charge in [0.15, 0.2) is 4.34 Å². The van der Waals surface area contributed by atoms with E-state index in [4.69, 9.17) is 0 Å². The molecule has 122 valence electrons. The molecule has 1 heterocycles. The van der Waals surface area contributed by atoms with Gasteiger partial charge < -0.3 is 10.6 Å². The van der Waals surface area contributed by atoms with Gasteiger partial charge in [-0.25, -0.2) is 0 Å². The second kappa shape index (κ2) is 7.19. The van der Waals surface area contributed by atoms with Crippen molar-refractivity contribution in [3.63, 3.8) is 0 Å². The van der Waals surface area contributed by atoms with E-state index in [0.717, 1.165) is 25.2 Å². The first-order valence-electron chi connectivity index (χ1n) is 7.35. The SMILES string of the molecule is Cc1ccc(NC(=O)[C@@H](C)Sc2nnc(NC3CC3)s2)c(Br)c1. The molecule has 0 spiro atoms. The molecule has 1 aromatic carbocycles. The lowest BCUT2D eigenvalue weighted by atomic mass is 10.2. The van der Waals surface area contributed by atoms with Crippen LogP contribution < -0.4 is 10.6 Å². The molecule has 0 bridgehead atoms. The van der Waals surface area contributed by atoms with Crippen LogP contribution in [0.5, 0.6) is 0 Å². The van der Waals surface area contributed by atoms with Crippen LogP contribution >= 0.6 is 39.0 Å². The largest absolute Gasteiger partial charge is 0.357 e. The summed E-state index contributed by atoms with van der Waals surface area (Å²) >= 11 is 6.40. The first-order chi connectivity index (χ1) is 11.0. The molecule has 23 heavy (non-hydrogen) atoms. The maximum absolute atomic E-state index is 12.3. The summed E-state index contributed by atoms with van der Waals surface area (Å²) < 4.78 is 1.69. The van der Waals surface area contributed by atoms with Gasteiger partial charge >= 0.3 is 0 Å². The van der Waals surface area contributed by atoms with Gasteiger partial charge in [0.1, 0.15) is 0 Å². The standard InChI is InChI=1S/C15H17BrN4OS2/c1-8-3-6-12(11(16)7-8)18-13(21)9(2)22-15-20-19-14(23-15)17-10-4-5-10/h3,6-7,9-10H,4-5H2,1-2H3,(H,17,19)(H,18,21)/t9-/m1/s1. The molecule has 1 atom stereocenters. The second-order valence-electron chi connectivity index (χ2n) is 5.52. The number of benzene rings is 1. The lowest BCUT2D eigenvalue weighted by Gasteiger charge is -2.12. The molecule has 1 amide bonds. The van der Waals surface area contributed by atoms with Crippen molar-refractivity contribution < 1.29 is 4.79 Å². The van der Waals surface area contributed by atoms with Crippen LogP contribution in [0.3, 0.4) is 0 Å². The van der Waals surface area contributed by atoms with Crippen LogP contribution in [0, 0.1) is 6.92 Å². The van der Waals surface area contributed by atoms with E-state index in [2.05, 4.69) is 36.8 Å². The Bertz CT molecular complexity index is 717. The van der Waals surface area contributed by atoms with Crippen LogP contribution in [0.15, 0.2) is 27.0 Å². The molecule has 2 aromatic rings. The fraction of sp³-hybridized carbons (Fsp3) is 0.400. The summed E-state index contributed by atoms with van der Waals surface area (Å²) in [5.41, 5.74) is 1.92. The van der Waals surface area contributed by atoms with Gasteiger partial charge in [0, 0.05) is 10.5 Å². The summed E-state index contributed by atoms with van der Waals surface area (Å²) in [5, 5.41) is 15.1. The van der Waals surface area contributed by atoms with Crippen molar-refractivity contribution in [3.8, 4) is 0 Å². The van der Waals surface area contributed by atoms with Crippen LogP contribution in [-0.4, -0.2) is 27.4 Å². The van der Waals surface area contributed by atoms with E-state index < -0.39 is 0 Å². The van der Waals surface area contributed by atoms with E-state index in [-0.39, 0.29) is 11.2 Å². The molecular formula is C15H17BrN4OS2. The average molecular weight is 413 g/mol. The number of anilines is 2. The molecule has 1 aliphatic carbocycles. The number of amides is 1. The predicted octanol–water partition coefficient (Wildman–Crippen LogP) is 4.30. The number of hydrogen-bond acceptors (Lipinski definition) is 6. The number of nitrogens with one attached hydrogen (secondary N) is 2. The highest BCUT2D eigenvalue weighted by Gasteiger charge is 2.23. The Morgan fingerprint density at radius 3 is 2.91 bits per heavy atom. The highest BCUT2D eigenvalue weighted by Crippen LogP contribution is 2.32. The fourth-order valence-electron chi connectivity index (χ4n) is 1.88. The van der Waals surface area contributed by atoms with Crippen LogP contribution in [-0.2, 0) is 4.79 Å². The Morgan fingerprint density at radius 2 is 2.22 bits per heavy atom. The minimum absolute atomic E-state index is 0.0496. The Balaban J connectivity index is 1.57. The van der Waals surface area contributed by atoms with E-state index in [0.29, 0.717) is 6.04 Å². The van der Waals surface area contributed by atoms with Gasteiger partial charge in [-0.15, -0.1) is 10.2 Å². The lowest BCUT2D eigenvalue weighted by molar-refractivity contribution is -0.115. The summed E-state index contributed by atoms with van der Waals surface area (Å²) in [5.74, 6) is -0.0496. The number of aromatic nitrogens is 2. The molecular weight excluding hydrogens is 396 g/mol. The number of nitrogens with zero attached hydrogens (tertiary/aromatic N) is 2. The van der Waals surface area contributed by atoms with Gasteiger partial charge in [-0.1, -0.05) is 29.2 Å². The molecule has 3 rings (SSSR count). The number of rotatable bonds is 6. The third-order valence-corrected chi connectivity index (χ3v) is 6.04. The summed E-state index contributed by atoms with van der Waals surface area (Å²) in [7, 11) is 0. The zero-order valence-corrected chi connectivity index (χ0v) is 16.0. The zero-order chi connectivity index (χ0) is 16.4. The van der Waals surface area contributed by atoms with Gasteiger partial charge in [-0.3, -0.25) is 4.79 Å². The molecule has 1 aliphatic rings. The number of hydrogen-bond donors (Lipinski definition) is 2. The van der Waals surface area contributed by atoms with Gasteiger partial charge in [0.2, 0.25) is 11.0 Å². The van der Waals surface area contributed by atoms with Crippen molar-refractivity contribution in [1.29, 1.82) is 0 Å². The molecule has 0 radical (unpaired) electrons. The van der Waals surface area contributed by atoms with Gasteiger partial charge in [0.05, 0.1) is 10.9 Å². The van der Waals surface area contributed by atoms with Crippen molar-refractivity contribution in [2.24, 2.45) is 0 Å². The van der Waals surface area contributed by atoms with Crippen molar-refractivity contribution in [3.05, 3.63) is 28.2 Å². The Labute approximate surface area is 151 Å². The monoisotopic (exact) mass is 412 g/mol. The van der Waals surface area contributed by atoms with E-state index in [1.165, 1.54) is 35.9 Å². The minimum atomic E-state index is -0.245. The highest BCUT2D eigenvalue weighted by atomic mass is 79.9. The maximum atomic E-state index is 12.3. The molecule has 0 aliphatic heterocycles. The summed E-state index contributed by atoms with van der Waals surface area (Å²) in [6.07, 6.45) is 2.40. The third-order valence-electron chi connectivity index (χ3n) is 3.34. The van der Waals surface area contributed by atoms with Gasteiger partial charge in [-0.2, -0.15) is 0 Å². The third kappa shape index (κ3) is 4.68. The fourth-order valence-corrected chi connectivity index (χ4v) is 4.44. The van der Waals surface area contributed by atoms with Crippen LogP contribution in [0.2, 0.25) is 0 Å². The quantitative estimate of drug-likeness (QED) is 0.692. The number of aryl methyl sites for hydroxylation is 1. The maximum Gasteiger partial charge on any atom is 0.237 e. The number of halogens is 1. The summed E-state index contributed by atoms with van der Waals surface area (Å²) in [4.78, 5) is 12.3. The average Bonchev–Trinajstić information content (AvgIpc) is 3.20. The molecule has 8 heteroatoms. The number of carbonyl (C=O) groups excluding carboxylic acids is 1. The zero-order valence-electron chi connectivity index (χ0n) is 12.8. The van der Waals surface area contributed by atoms with E-state index in [1.807, 2.05) is 32.0 Å². The van der Waals surface area contributed by atoms with E-state index in [1.54, 1.807) is 0 Å². The highest BCUT2D eigenvalue weighted by molar-refractivity contribution is 9.10. The van der Waals surface area contributed by atoms with Crippen LogP contribution in [0.1, 0.15) is 25.3 Å². The van der Waals surface area contributed by atoms with Gasteiger partial charge in [-0.05, 0) is 60.3 Å². The van der Waals surface area contributed by atoms with E-state index in [9.17, 15) is 4.79 Å². The molecule has 0 saturated heterocycles. The van der Waals surface area contributed by atoms with E-state index >= 15 is 0 Å². The van der Waals surface area contributed by atoms with Crippen LogP contribution in [0.4, 0.5) is 10.8 Å². The Hall–Kier alpha value is -1.12. The lowest BCUT2D eigenvalue weighted by Crippen LogP contribution is -2.22. The molecule has 1 fully saturated rings. The first-order valence-corrected chi connectivity index (χ1v) is 9.84. The smallest absolute Gasteiger partial charge is 0.237 e. The Morgan fingerprint density at radius 1 is 1.43 bits per heavy atom. The summed E-state index contributed by atoms with van der Waals surface area (Å²) in [6, 6.07) is 6.41. The van der Waals surface area contributed by atoms with Crippen molar-refractivity contribution in [2.75, 3.05) is 10.6 Å². The number of carbonyl (C=O) groups is 1. The Kier molecular flexibility index (Phi) is 5.23. The first kappa shape index (κ1) is 16.7. The van der Waals surface area contributed by atoms with Crippen molar-refractivity contribution in [1.82, 2.24) is 10.2 Å². The molecule has 1 aromatic heterocycles.